The van der Waals surface area contributed by atoms with Crippen LogP contribution in [0.2, 0.25) is 0 Å². The van der Waals surface area contributed by atoms with Crippen molar-refractivity contribution >= 4 is 7.82 Å². The van der Waals surface area contributed by atoms with Crippen LogP contribution < -0.4 is 0 Å². The van der Waals surface area contributed by atoms with Crippen LogP contribution in [-0.4, -0.2) is 18.3 Å². The van der Waals surface area contributed by atoms with Gasteiger partial charge in [-0.1, -0.05) is 0 Å². The summed E-state index contributed by atoms with van der Waals surface area (Å²) in [6.45, 7) is 0. The van der Waals surface area contributed by atoms with Gasteiger partial charge < -0.3 is 14.7 Å². The molecule has 0 fully saturated rings. The molecule has 0 bridgehead atoms. The van der Waals surface area contributed by atoms with Crippen LogP contribution in [-0.2, 0) is 20.8 Å². The van der Waals surface area contributed by atoms with Gasteiger partial charge >= 0.3 is 52.2 Å². The summed E-state index contributed by atoms with van der Waals surface area (Å²) >= 11 is 3.60. The first-order chi connectivity index (χ1) is 4.89. The predicted octanol–water partition coefficient (Wildman–Crippen LogP) is -0.131. The van der Waals surface area contributed by atoms with E-state index in [4.69, 9.17) is 19.2 Å². The van der Waals surface area contributed by atoms with Crippen LogP contribution in [0.5, 0.6) is 0 Å². The third kappa shape index (κ3) is 13.0. The number of hydrogen-bond donors (Lipinski definition) is 3. The van der Waals surface area contributed by atoms with Crippen molar-refractivity contribution in [3.05, 3.63) is 24.5 Å². The molecule has 0 unspecified atom stereocenters. The fraction of sp³-hybridized carbons (Fsp3) is 0. The number of nitrogens with zero attached hydrogens (tertiary/aromatic N) is 1. The molecule has 0 saturated carbocycles. The van der Waals surface area contributed by atoms with E-state index in [0.29, 0.717) is 0 Å². The summed E-state index contributed by atoms with van der Waals surface area (Å²) < 4.78 is 10.6. The van der Waals surface area contributed by atoms with Gasteiger partial charge in [0.15, 0.2) is 0 Å². The van der Waals surface area contributed by atoms with E-state index in [0.717, 1.165) is 0 Å². The van der Waals surface area contributed by atoms with E-state index in [1.807, 2.05) is 24.5 Å². The molecule has 1 rings (SSSR count). The maximum atomic E-state index is 8.88. The summed E-state index contributed by atoms with van der Waals surface area (Å²) in [5.74, 6) is 0. The average molecular weight is 220 g/mol. The van der Waals surface area contributed by atoms with Gasteiger partial charge in [-0.25, -0.2) is 4.57 Å². The molecule has 0 radical (unpaired) electrons. The van der Waals surface area contributed by atoms with Crippen molar-refractivity contribution in [1.82, 2.24) is 3.58 Å². The van der Waals surface area contributed by atoms with Gasteiger partial charge in [-0.2, -0.15) is 0 Å². The topological polar surface area (TPSA) is 82.7 Å². The summed E-state index contributed by atoms with van der Waals surface area (Å²) in [5, 5.41) is 0. The molecule has 1 heterocycles. The Morgan fingerprint density at radius 3 is 1.55 bits per heavy atom. The molecule has 0 aliphatic heterocycles. The van der Waals surface area contributed by atoms with Gasteiger partial charge in [0.2, 0.25) is 0 Å². The molecule has 0 aliphatic rings. The van der Waals surface area contributed by atoms with Crippen molar-refractivity contribution in [1.29, 1.82) is 0 Å². The molecular weight excluding hydrogens is 213 g/mol. The van der Waals surface area contributed by atoms with Crippen LogP contribution in [0.15, 0.2) is 24.5 Å². The predicted molar refractivity (Wildman–Crippen MR) is 34.1 cm³/mol. The molecule has 3 N–H and O–H groups in total. The zero-order valence-electron chi connectivity index (χ0n) is 5.31. The second kappa shape index (κ2) is 4.72. The molecule has 1 aromatic rings. The summed E-state index contributed by atoms with van der Waals surface area (Å²) in [5.41, 5.74) is 0. The van der Waals surface area contributed by atoms with Gasteiger partial charge in [-0.05, 0) is 0 Å². The third-order valence-corrected chi connectivity index (χ3v) is 0.890. The minimum absolute atomic E-state index is 1.75. The van der Waals surface area contributed by atoms with E-state index in [-0.39, 0.29) is 0 Å². The van der Waals surface area contributed by atoms with E-state index in [2.05, 4.69) is 16.2 Å². The Bertz CT molecular complexity index is 222. The van der Waals surface area contributed by atoms with Gasteiger partial charge in [0, 0.05) is 0 Å². The van der Waals surface area contributed by atoms with Gasteiger partial charge in [-0.3, -0.25) is 0 Å². The molecule has 0 atom stereocenters. The Morgan fingerprint density at radius 1 is 1.18 bits per heavy atom. The first-order valence-electron chi connectivity index (χ1n) is 2.46. The Kier molecular flexibility index (Phi) is 4.68. The van der Waals surface area contributed by atoms with Crippen molar-refractivity contribution in [3.63, 3.8) is 0 Å². The van der Waals surface area contributed by atoms with Gasteiger partial charge in [-0.15, -0.1) is 0 Å². The monoisotopic (exact) mass is 220 g/mol. The fourth-order valence-corrected chi connectivity index (χ4v) is 0.499. The molecule has 7 heteroatoms. The standard InChI is InChI=1S/C4H4N.Fe.H3O4P/c1-2-4-5-3-1;;1-5(2,3)4/h1-4H;;(H3,1,2,3,4)/q-1;+1;. The molecule has 0 spiro atoms. The van der Waals surface area contributed by atoms with Gasteiger partial charge in [0.25, 0.3) is 0 Å². The SMILES string of the molecule is O=P(O)(O)O.[Fe][n]1cccc1. The Labute approximate surface area is 71.9 Å². The second-order valence-corrected chi connectivity index (χ2v) is 3.12. The van der Waals surface area contributed by atoms with E-state index in [1.165, 1.54) is 0 Å². The van der Waals surface area contributed by atoms with E-state index in [9.17, 15) is 0 Å². The quantitative estimate of drug-likeness (QED) is 0.420. The maximum absolute atomic E-state index is 8.88. The summed E-state index contributed by atoms with van der Waals surface area (Å²) in [6.07, 6.45) is 3.78. The Balaban J connectivity index is 0.000000187. The fourth-order valence-electron chi connectivity index (χ4n) is 0.309. The zero-order chi connectivity index (χ0) is 8.91. The molecule has 5 nitrogen and oxygen atoms in total. The number of hydrogen-bond acceptors (Lipinski definition) is 1. The number of phosphoric acid groups is 1. The van der Waals surface area contributed by atoms with E-state index >= 15 is 0 Å². The van der Waals surface area contributed by atoms with Crippen LogP contribution in [0, 0.1) is 0 Å². The average Bonchev–Trinajstić information content (AvgIpc) is 2.12. The Hall–Kier alpha value is -0.0905. The third-order valence-electron chi connectivity index (χ3n) is 0.561. The summed E-state index contributed by atoms with van der Waals surface area (Å²) in [6, 6.07) is 3.88. The normalized spacial score (nSPS) is 10.2. The van der Waals surface area contributed by atoms with Gasteiger partial charge in [0.1, 0.15) is 0 Å². The van der Waals surface area contributed by atoms with Crippen LogP contribution in [0.25, 0.3) is 0 Å². The molecule has 1 aromatic heterocycles. The molecule has 0 aromatic carbocycles. The molecular formula is C4H7FeNO4P. The summed E-state index contributed by atoms with van der Waals surface area (Å²) in [7, 11) is -4.64. The van der Waals surface area contributed by atoms with Crippen LogP contribution >= 0.6 is 7.82 Å². The van der Waals surface area contributed by atoms with Crippen molar-refractivity contribution in [2.75, 3.05) is 0 Å². The van der Waals surface area contributed by atoms with Crippen molar-refractivity contribution in [2.45, 2.75) is 0 Å². The van der Waals surface area contributed by atoms with E-state index in [1.54, 1.807) is 3.58 Å². The molecule has 65 valence electrons. The van der Waals surface area contributed by atoms with Crippen molar-refractivity contribution in [3.8, 4) is 0 Å². The number of aromatic nitrogens is 1. The minimum atomic E-state index is -4.64. The molecule has 0 amide bonds. The second-order valence-electron chi connectivity index (χ2n) is 1.53. The van der Waals surface area contributed by atoms with Crippen molar-refractivity contribution < 1.29 is 35.5 Å². The summed E-state index contributed by atoms with van der Waals surface area (Å²) in [4.78, 5) is 21.6. The van der Waals surface area contributed by atoms with Gasteiger partial charge in [0.05, 0.1) is 0 Å². The first-order valence-corrected chi connectivity index (χ1v) is 4.52. The van der Waals surface area contributed by atoms with E-state index < -0.39 is 7.82 Å². The van der Waals surface area contributed by atoms with Crippen LogP contribution in [0.4, 0.5) is 0 Å². The molecule has 0 aliphatic carbocycles. The Morgan fingerprint density at radius 2 is 1.45 bits per heavy atom. The van der Waals surface area contributed by atoms with Crippen LogP contribution in [0.3, 0.4) is 0 Å². The van der Waals surface area contributed by atoms with Crippen molar-refractivity contribution in [2.24, 2.45) is 0 Å². The van der Waals surface area contributed by atoms with Crippen LogP contribution in [0.1, 0.15) is 0 Å². The zero-order valence-corrected chi connectivity index (χ0v) is 7.31. The molecule has 11 heavy (non-hydrogen) atoms. The molecule has 0 saturated heterocycles. The number of rotatable bonds is 0. The first kappa shape index (κ1) is 10.9.